The maximum atomic E-state index is 11.4. The molecule has 2 aromatic rings. The molecule has 0 bridgehead atoms. The van der Waals surface area contributed by atoms with Crippen molar-refractivity contribution in [2.24, 2.45) is 0 Å². The smallest absolute Gasteiger partial charge is 0.345 e. The monoisotopic (exact) mass is 298 g/mol. The van der Waals surface area contributed by atoms with Gasteiger partial charge in [0.15, 0.2) is 6.10 Å². The number of carboxylic acid groups (broad SMARTS) is 1. The largest absolute Gasteiger partial charge is 0.478 e. The van der Waals surface area contributed by atoms with E-state index in [1.807, 2.05) is 43.3 Å². The minimum absolute atomic E-state index is 0.349. The topological polar surface area (TPSA) is 46.5 Å². The molecule has 0 heterocycles. The Morgan fingerprint density at radius 1 is 1.05 bits per heavy atom. The molecule has 0 saturated carbocycles. The summed E-state index contributed by atoms with van der Waals surface area (Å²) in [5.41, 5.74) is 3.32. The highest BCUT2D eigenvalue weighted by Gasteiger charge is 2.20. The van der Waals surface area contributed by atoms with Crippen molar-refractivity contribution in [3.8, 4) is 5.75 Å². The van der Waals surface area contributed by atoms with Crippen LogP contribution in [0.25, 0.3) is 0 Å². The van der Waals surface area contributed by atoms with E-state index in [1.165, 1.54) is 5.56 Å². The molecule has 3 nitrogen and oxygen atoms in total. The van der Waals surface area contributed by atoms with E-state index < -0.39 is 12.1 Å². The Morgan fingerprint density at radius 3 is 2.14 bits per heavy atom. The lowest BCUT2D eigenvalue weighted by Gasteiger charge is -2.16. The summed E-state index contributed by atoms with van der Waals surface area (Å²) in [5.74, 6) is 0.0958. The van der Waals surface area contributed by atoms with Gasteiger partial charge in [-0.05, 0) is 36.1 Å². The maximum Gasteiger partial charge on any atom is 0.345 e. The van der Waals surface area contributed by atoms with Crippen molar-refractivity contribution >= 4 is 5.97 Å². The molecule has 0 radical (unpaired) electrons. The molecule has 0 saturated heterocycles. The first-order chi connectivity index (χ1) is 10.5. The van der Waals surface area contributed by atoms with Crippen LogP contribution in [-0.4, -0.2) is 17.2 Å². The molecule has 2 aromatic carbocycles. The molecule has 1 atom stereocenters. The Labute approximate surface area is 131 Å². The summed E-state index contributed by atoms with van der Waals surface area (Å²) in [6.07, 6.45) is -0.533. The lowest BCUT2D eigenvalue weighted by molar-refractivity contribution is -0.145. The Balaban J connectivity index is 2.08. The number of rotatable bonds is 6. The molecule has 2 rings (SSSR count). The van der Waals surface area contributed by atoms with Gasteiger partial charge < -0.3 is 9.84 Å². The van der Waals surface area contributed by atoms with Gasteiger partial charge in [-0.2, -0.15) is 0 Å². The van der Waals surface area contributed by atoms with Gasteiger partial charge in [-0.15, -0.1) is 0 Å². The van der Waals surface area contributed by atoms with Crippen LogP contribution in [0, 0.1) is 6.92 Å². The Kier molecular flexibility index (Phi) is 5.21. The minimum atomic E-state index is -0.950. The fraction of sp³-hybridized carbons (Fsp3) is 0.316. The molecule has 0 amide bonds. The molecule has 22 heavy (non-hydrogen) atoms. The SMILES string of the molecule is Cc1ccc(OC(Cc2ccc(C(C)C)cc2)C(=O)O)cc1. The molecule has 0 spiro atoms. The summed E-state index contributed by atoms with van der Waals surface area (Å²) < 4.78 is 5.61. The number of ether oxygens (including phenoxy) is 1. The van der Waals surface area contributed by atoms with Crippen LogP contribution in [0.5, 0.6) is 5.75 Å². The van der Waals surface area contributed by atoms with Gasteiger partial charge in [0.05, 0.1) is 0 Å². The van der Waals surface area contributed by atoms with Crippen LogP contribution in [0.15, 0.2) is 48.5 Å². The Morgan fingerprint density at radius 2 is 1.64 bits per heavy atom. The van der Waals surface area contributed by atoms with Crippen LogP contribution in [0.3, 0.4) is 0 Å². The number of hydrogen-bond acceptors (Lipinski definition) is 2. The molecule has 0 aliphatic heterocycles. The third-order valence-corrected chi connectivity index (χ3v) is 3.64. The summed E-state index contributed by atoms with van der Waals surface area (Å²) >= 11 is 0. The molecule has 0 aromatic heterocycles. The molecule has 116 valence electrons. The van der Waals surface area contributed by atoms with Gasteiger partial charge in [-0.1, -0.05) is 55.8 Å². The van der Waals surface area contributed by atoms with Gasteiger partial charge in [0.1, 0.15) is 5.75 Å². The molecular weight excluding hydrogens is 276 g/mol. The zero-order valence-corrected chi connectivity index (χ0v) is 13.2. The number of aryl methyl sites for hydroxylation is 1. The first kappa shape index (κ1) is 16.1. The van der Waals surface area contributed by atoms with E-state index in [0.29, 0.717) is 18.1 Å². The van der Waals surface area contributed by atoms with E-state index in [1.54, 1.807) is 12.1 Å². The molecule has 0 aliphatic rings. The molecule has 1 N–H and O–H groups in total. The summed E-state index contributed by atoms with van der Waals surface area (Å²) in [7, 11) is 0. The lowest BCUT2D eigenvalue weighted by Crippen LogP contribution is -2.29. The van der Waals surface area contributed by atoms with Crippen molar-refractivity contribution in [1.29, 1.82) is 0 Å². The molecule has 0 aliphatic carbocycles. The zero-order chi connectivity index (χ0) is 16.1. The van der Waals surface area contributed by atoms with E-state index in [9.17, 15) is 9.90 Å². The van der Waals surface area contributed by atoms with E-state index in [0.717, 1.165) is 11.1 Å². The lowest BCUT2D eigenvalue weighted by atomic mass is 10.00. The molecule has 3 heteroatoms. The predicted octanol–water partition coefficient (Wildman–Crippen LogP) is 4.19. The van der Waals surface area contributed by atoms with E-state index in [2.05, 4.69) is 13.8 Å². The zero-order valence-electron chi connectivity index (χ0n) is 13.2. The summed E-state index contributed by atoms with van der Waals surface area (Å²) in [6, 6.07) is 15.5. The first-order valence-electron chi connectivity index (χ1n) is 7.50. The van der Waals surface area contributed by atoms with Crippen LogP contribution in [-0.2, 0) is 11.2 Å². The van der Waals surface area contributed by atoms with E-state index >= 15 is 0 Å². The second kappa shape index (κ2) is 7.12. The summed E-state index contributed by atoms with van der Waals surface area (Å²) in [5, 5.41) is 9.37. The van der Waals surface area contributed by atoms with E-state index in [4.69, 9.17) is 4.74 Å². The second-order valence-corrected chi connectivity index (χ2v) is 5.86. The molecule has 0 fully saturated rings. The highest BCUT2D eigenvalue weighted by molar-refractivity contribution is 5.73. The normalized spacial score (nSPS) is 12.2. The van der Waals surface area contributed by atoms with Crippen molar-refractivity contribution in [3.63, 3.8) is 0 Å². The Hall–Kier alpha value is -2.29. The number of aliphatic carboxylic acids is 1. The average Bonchev–Trinajstić information content (AvgIpc) is 2.49. The van der Waals surface area contributed by atoms with Crippen molar-refractivity contribution in [2.45, 2.75) is 39.2 Å². The van der Waals surface area contributed by atoms with Gasteiger partial charge in [0.2, 0.25) is 0 Å². The van der Waals surface area contributed by atoms with Crippen LogP contribution in [0.4, 0.5) is 0 Å². The fourth-order valence-electron chi connectivity index (χ4n) is 2.21. The van der Waals surface area contributed by atoms with Crippen LogP contribution in [0.2, 0.25) is 0 Å². The number of hydrogen-bond donors (Lipinski definition) is 1. The number of carbonyl (C=O) groups is 1. The van der Waals surface area contributed by atoms with Gasteiger partial charge in [-0.25, -0.2) is 4.79 Å². The minimum Gasteiger partial charge on any atom is -0.478 e. The van der Waals surface area contributed by atoms with Gasteiger partial charge in [0.25, 0.3) is 0 Å². The van der Waals surface area contributed by atoms with Gasteiger partial charge in [0, 0.05) is 6.42 Å². The standard InChI is InChI=1S/C19H22O3/c1-13(2)16-8-6-15(7-9-16)12-18(19(20)21)22-17-10-4-14(3)5-11-17/h4-11,13,18H,12H2,1-3H3,(H,20,21). The summed E-state index contributed by atoms with van der Waals surface area (Å²) in [4.78, 5) is 11.4. The van der Waals surface area contributed by atoms with Crippen molar-refractivity contribution in [2.75, 3.05) is 0 Å². The van der Waals surface area contributed by atoms with E-state index in [-0.39, 0.29) is 0 Å². The average molecular weight is 298 g/mol. The van der Waals surface area contributed by atoms with Crippen molar-refractivity contribution in [1.82, 2.24) is 0 Å². The first-order valence-corrected chi connectivity index (χ1v) is 7.50. The third-order valence-electron chi connectivity index (χ3n) is 3.64. The van der Waals surface area contributed by atoms with Crippen molar-refractivity contribution < 1.29 is 14.6 Å². The quantitative estimate of drug-likeness (QED) is 0.869. The summed E-state index contributed by atoms with van der Waals surface area (Å²) in [6.45, 7) is 6.25. The number of benzene rings is 2. The molecular formula is C19H22O3. The van der Waals surface area contributed by atoms with Gasteiger partial charge >= 0.3 is 5.97 Å². The van der Waals surface area contributed by atoms with Crippen LogP contribution < -0.4 is 4.74 Å². The fourth-order valence-corrected chi connectivity index (χ4v) is 2.21. The van der Waals surface area contributed by atoms with Crippen molar-refractivity contribution in [3.05, 3.63) is 65.2 Å². The third kappa shape index (κ3) is 4.35. The second-order valence-electron chi connectivity index (χ2n) is 5.86. The number of carboxylic acids is 1. The Bertz CT molecular complexity index is 612. The predicted molar refractivity (Wildman–Crippen MR) is 87.5 cm³/mol. The highest BCUT2D eigenvalue weighted by atomic mass is 16.5. The van der Waals surface area contributed by atoms with Gasteiger partial charge in [-0.3, -0.25) is 0 Å². The van der Waals surface area contributed by atoms with Crippen LogP contribution >= 0.6 is 0 Å². The van der Waals surface area contributed by atoms with Crippen LogP contribution in [0.1, 0.15) is 36.5 Å². The maximum absolute atomic E-state index is 11.4. The highest BCUT2D eigenvalue weighted by Crippen LogP contribution is 2.18. The molecule has 1 unspecified atom stereocenters.